The van der Waals surface area contributed by atoms with Crippen molar-refractivity contribution in [1.82, 2.24) is 5.32 Å². The molecule has 0 unspecified atom stereocenters. The van der Waals surface area contributed by atoms with Gasteiger partial charge >= 0.3 is 0 Å². The van der Waals surface area contributed by atoms with E-state index in [0.29, 0.717) is 42.7 Å². The first-order valence-electron chi connectivity index (χ1n) is 9.16. The first-order valence-corrected chi connectivity index (χ1v) is 12.0. The highest BCUT2D eigenvalue weighted by molar-refractivity contribution is 7.99. The minimum absolute atomic E-state index is 0.298. The van der Waals surface area contributed by atoms with Gasteiger partial charge in [0.05, 0.1) is 11.9 Å². The van der Waals surface area contributed by atoms with Gasteiger partial charge in [0.2, 0.25) is 15.9 Å². The molecule has 29 heavy (non-hydrogen) atoms. The number of anilines is 1. The van der Waals surface area contributed by atoms with Crippen molar-refractivity contribution in [3.05, 3.63) is 48.0 Å². The van der Waals surface area contributed by atoms with Gasteiger partial charge in [0.25, 0.3) is 0 Å². The van der Waals surface area contributed by atoms with Crippen LogP contribution in [0.3, 0.4) is 0 Å². The fourth-order valence-corrected chi connectivity index (χ4v) is 4.38. The molecule has 2 aromatic carbocycles. The minimum Gasteiger partial charge on any atom is -0.486 e. The number of sulfonamides is 1. The van der Waals surface area contributed by atoms with Crippen LogP contribution in [0.5, 0.6) is 11.5 Å². The highest BCUT2D eigenvalue weighted by Crippen LogP contribution is 2.34. The molecule has 0 bridgehead atoms. The number of hydrogen-bond acceptors (Lipinski definition) is 6. The third-order valence-corrected chi connectivity index (χ3v) is 6.37. The highest BCUT2D eigenvalue weighted by atomic mass is 32.2. The molecule has 3 rings (SSSR count). The van der Waals surface area contributed by atoms with E-state index in [0.717, 1.165) is 15.5 Å². The Morgan fingerprint density at radius 2 is 1.79 bits per heavy atom. The molecule has 1 aliphatic heterocycles. The van der Waals surface area contributed by atoms with Crippen molar-refractivity contribution in [1.29, 1.82) is 0 Å². The lowest BCUT2D eigenvalue weighted by Crippen LogP contribution is -2.41. The van der Waals surface area contributed by atoms with Gasteiger partial charge in [-0.15, -0.1) is 11.8 Å². The van der Waals surface area contributed by atoms with Gasteiger partial charge in [-0.1, -0.05) is 17.7 Å². The van der Waals surface area contributed by atoms with Crippen molar-refractivity contribution in [3.8, 4) is 11.5 Å². The number of hydrogen-bond donors (Lipinski definition) is 1. The lowest BCUT2D eigenvalue weighted by Gasteiger charge is -2.24. The van der Waals surface area contributed by atoms with Crippen molar-refractivity contribution >= 4 is 33.4 Å². The van der Waals surface area contributed by atoms with Crippen molar-refractivity contribution in [2.24, 2.45) is 0 Å². The molecule has 0 radical (unpaired) electrons. The Bertz CT molecular complexity index is 961. The van der Waals surface area contributed by atoms with Gasteiger partial charge in [0, 0.05) is 23.3 Å². The van der Waals surface area contributed by atoms with Crippen molar-refractivity contribution in [3.63, 3.8) is 0 Å². The van der Waals surface area contributed by atoms with Crippen LogP contribution in [-0.4, -0.2) is 52.6 Å². The van der Waals surface area contributed by atoms with E-state index in [-0.39, 0.29) is 12.5 Å². The summed E-state index contributed by atoms with van der Waals surface area (Å²) in [5, 5.41) is 2.78. The van der Waals surface area contributed by atoms with Crippen LogP contribution in [0, 0.1) is 6.92 Å². The second kappa shape index (κ2) is 9.41. The summed E-state index contributed by atoms with van der Waals surface area (Å²) in [4.78, 5) is 13.5. The first kappa shape index (κ1) is 21.3. The number of carbonyl (C=O) groups is 1. The predicted molar refractivity (Wildman–Crippen MR) is 115 cm³/mol. The number of amides is 1. The van der Waals surface area contributed by atoms with Crippen LogP contribution < -0.4 is 19.1 Å². The van der Waals surface area contributed by atoms with Crippen molar-refractivity contribution in [2.75, 3.05) is 42.6 Å². The molecule has 2 aromatic rings. The summed E-state index contributed by atoms with van der Waals surface area (Å²) in [5.74, 6) is 1.36. The van der Waals surface area contributed by atoms with E-state index in [9.17, 15) is 13.2 Å². The lowest BCUT2D eigenvalue weighted by atomic mass is 10.2. The van der Waals surface area contributed by atoms with E-state index in [2.05, 4.69) is 5.32 Å². The summed E-state index contributed by atoms with van der Waals surface area (Å²) in [6.07, 6.45) is 1.07. The largest absolute Gasteiger partial charge is 0.486 e. The smallest absolute Gasteiger partial charge is 0.240 e. The number of rotatable bonds is 8. The minimum atomic E-state index is -3.65. The van der Waals surface area contributed by atoms with E-state index in [1.807, 2.05) is 31.2 Å². The fraction of sp³-hybridized carbons (Fsp3) is 0.350. The fourth-order valence-electron chi connectivity index (χ4n) is 2.77. The molecule has 0 atom stereocenters. The summed E-state index contributed by atoms with van der Waals surface area (Å²) < 4.78 is 36.5. The third kappa shape index (κ3) is 6.04. The normalized spacial score (nSPS) is 13.0. The molecule has 0 saturated heterocycles. The highest BCUT2D eigenvalue weighted by Gasteiger charge is 2.23. The van der Waals surface area contributed by atoms with E-state index in [1.165, 1.54) is 5.56 Å². The zero-order valence-corrected chi connectivity index (χ0v) is 18.0. The molecule has 156 valence electrons. The maximum Gasteiger partial charge on any atom is 0.240 e. The number of thioether (sulfide) groups is 1. The summed E-state index contributed by atoms with van der Waals surface area (Å²) >= 11 is 1.63. The molecular weight excluding hydrogens is 412 g/mol. The van der Waals surface area contributed by atoms with Gasteiger partial charge in [0.15, 0.2) is 11.5 Å². The first-order chi connectivity index (χ1) is 13.8. The van der Waals surface area contributed by atoms with Crippen LogP contribution in [0.25, 0.3) is 0 Å². The summed E-state index contributed by atoms with van der Waals surface area (Å²) in [6, 6.07) is 13.0. The van der Waals surface area contributed by atoms with E-state index in [1.54, 1.807) is 30.0 Å². The van der Waals surface area contributed by atoms with Gasteiger partial charge in [-0.25, -0.2) is 8.42 Å². The molecule has 1 N–H and O–H groups in total. The Morgan fingerprint density at radius 3 is 2.48 bits per heavy atom. The molecule has 1 heterocycles. The predicted octanol–water partition coefficient (Wildman–Crippen LogP) is 2.44. The lowest BCUT2D eigenvalue weighted by molar-refractivity contribution is -0.119. The Labute approximate surface area is 175 Å². The van der Waals surface area contributed by atoms with Crippen LogP contribution in [0.15, 0.2) is 47.4 Å². The quantitative estimate of drug-likeness (QED) is 0.505. The number of benzene rings is 2. The van der Waals surface area contributed by atoms with Crippen LogP contribution in [-0.2, 0) is 14.8 Å². The monoisotopic (exact) mass is 436 g/mol. The van der Waals surface area contributed by atoms with Crippen LogP contribution in [0.2, 0.25) is 0 Å². The van der Waals surface area contributed by atoms with Crippen molar-refractivity contribution < 1.29 is 22.7 Å². The molecule has 7 nitrogen and oxygen atoms in total. The van der Waals surface area contributed by atoms with Crippen molar-refractivity contribution in [2.45, 2.75) is 11.8 Å². The summed E-state index contributed by atoms with van der Waals surface area (Å²) in [6.45, 7) is 3.02. The Kier molecular flexibility index (Phi) is 6.92. The SMILES string of the molecule is Cc1ccc(SCCNC(=O)CN(c2ccc3c(c2)OCCO3)S(C)(=O)=O)cc1. The molecule has 0 aliphatic carbocycles. The molecule has 0 spiro atoms. The standard InChI is InChI=1S/C20H24N2O5S2/c1-15-3-6-17(7-4-15)28-12-9-21-20(23)14-22(29(2,24)25)16-5-8-18-19(13-16)27-11-10-26-18/h3-8,13H,9-12,14H2,1-2H3,(H,21,23). The number of nitrogens with one attached hydrogen (secondary N) is 1. The molecule has 0 aromatic heterocycles. The molecular formula is C20H24N2O5S2. The zero-order valence-electron chi connectivity index (χ0n) is 16.4. The zero-order chi connectivity index (χ0) is 20.9. The molecule has 0 saturated carbocycles. The average molecular weight is 437 g/mol. The number of carbonyl (C=O) groups excluding carboxylic acids is 1. The van der Waals surface area contributed by atoms with Crippen LogP contribution in [0.4, 0.5) is 5.69 Å². The van der Waals surface area contributed by atoms with Crippen LogP contribution >= 0.6 is 11.8 Å². The Hall–Kier alpha value is -2.39. The number of aryl methyl sites for hydroxylation is 1. The van der Waals surface area contributed by atoms with Gasteiger partial charge in [0.1, 0.15) is 19.8 Å². The molecule has 1 amide bonds. The van der Waals surface area contributed by atoms with E-state index in [4.69, 9.17) is 9.47 Å². The Balaban J connectivity index is 1.57. The second-order valence-corrected chi connectivity index (χ2v) is 9.68. The summed E-state index contributed by atoms with van der Waals surface area (Å²) in [7, 11) is -3.65. The average Bonchev–Trinajstić information content (AvgIpc) is 2.69. The Morgan fingerprint density at radius 1 is 1.10 bits per heavy atom. The van der Waals surface area contributed by atoms with Gasteiger partial charge in [-0.2, -0.15) is 0 Å². The van der Waals surface area contributed by atoms with E-state index < -0.39 is 10.0 Å². The number of fused-ring (bicyclic) bond motifs is 1. The molecule has 9 heteroatoms. The summed E-state index contributed by atoms with van der Waals surface area (Å²) in [5.41, 5.74) is 1.56. The molecule has 0 fully saturated rings. The maximum absolute atomic E-state index is 12.3. The topological polar surface area (TPSA) is 84.9 Å². The molecule has 1 aliphatic rings. The second-order valence-electron chi connectivity index (χ2n) is 6.61. The van der Waals surface area contributed by atoms with Crippen LogP contribution in [0.1, 0.15) is 5.56 Å². The third-order valence-electron chi connectivity index (χ3n) is 4.22. The number of nitrogens with zero attached hydrogens (tertiary/aromatic N) is 1. The van der Waals surface area contributed by atoms with Gasteiger partial charge < -0.3 is 14.8 Å². The number of ether oxygens (including phenoxy) is 2. The van der Waals surface area contributed by atoms with Gasteiger partial charge in [-0.3, -0.25) is 9.10 Å². The van der Waals surface area contributed by atoms with E-state index >= 15 is 0 Å². The van der Waals surface area contributed by atoms with Gasteiger partial charge in [-0.05, 0) is 31.2 Å². The maximum atomic E-state index is 12.3.